The van der Waals surface area contributed by atoms with Crippen molar-refractivity contribution >= 4 is 28.4 Å². The second-order valence-electron chi connectivity index (χ2n) is 6.99. The maximum absolute atomic E-state index is 13.2. The van der Waals surface area contributed by atoms with Gasteiger partial charge < -0.3 is 9.47 Å². The molecule has 1 atom stereocenters. The molecule has 0 radical (unpaired) electrons. The maximum atomic E-state index is 13.2. The molecule has 0 aliphatic rings. The third-order valence-corrected chi connectivity index (χ3v) is 5.75. The van der Waals surface area contributed by atoms with Gasteiger partial charge >= 0.3 is 0 Å². The molecule has 0 saturated carbocycles. The fraction of sp³-hybridized carbons (Fsp3) is 0.348. The van der Waals surface area contributed by atoms with Crippen molar-refractivity contribution in [3.05, 3.63) is 63.9 Å². The highest BCUT2D eigenvalue weighted by molar-refractivity contribution is 7.98. The fourth-order valence-corrected chi connectivity index (χ4v) is 4.36. The number of nitrogens with zero attached hydrogens (tertiary/aromatic N) is 2. The summed E-state index contributed by atoms with van der Waals surface area (Å²) in [6.45, 7) is 6.33. The van der Waals surface area contributed by atoms with Crippen molar-refractivity contribution in [2.24, 2.45) is 0 Å². The van der Waals surface area contributed by atoms with Crippen LogP contribution in [0.25, 0.3) is 10.9 Å². The minimum atomic E-state index is -0.169. The first-order chi connectivity index (χ1) is 14.5. The number of hydrogen-bond acceptors (Lipinski definition) is 6. The Hall–Kier alpha value is -2.64. The molecule has 1 aromatic heterocycles. The molecule has 6 nitrogen and oxygen atoms in total. The highest BCUT2D eigenvalue weighted by Crippen LogP contribution is 2.30. The molecule has 0 N–H and O–H groups in total. The number of para-hydroxylation sites is 1. The van der Waals surface area contributed by atoms with Crippen LogP contribution in [0.3, 0.4) is 0 Å². The lowest BCUT2D eigenvalue weighted by atomic mass is 10.1. The number of carbonyl (C=O) groups is 1. The van der Waals surface area contributed by atoms with Crippen LogP contribution in [0.2, 0.25) is 0 Å². The molecule has 0 unspecified atom stereocenters. The summed E-state index contributed by atoms with van der Waals surface area (Å²) in [6, 6.07) is 12.6. The molecule has 3 aromatic rings. The number of carbonyl (C=O) groups excluding carboxylic acids is 1. The minimum absolute atomic E-state index is 0.00115. The van der Waals surface area contributed by atoms with Gasteiger partial charge in [-0.3, -0.25) is 14.2 Å². The first-order valence-electron chi connectivity index (χ1n) is 9.86. The summed E-state index contributed by atoms with van der Waals surface area (Å²) in [5.74, 6) is 1.24. The lowest BCUT2D eigenvalue weighted by molar-refractivity contribution is 0.101. The third kappa shape index (κ3) is 4.74. The third-order valence-electron chi connectivity index (χ3n) is 4.75. The Morgan fingerprint density at radius 1 is 1.23 bits per heavy atom. The molecule has 30 heavy (non-hydrogen) atoms. The molecule has 0 spiro atoms. The van der Waals surface area contributed by atoms with Gasteiger partial charge in [0.1, 0.15) is 5.75 Å². The van der Waals surface area contributed by atoms with E-state index in [2.05, 4.69) is 0 Å². The normalized spacial score (nSPS) is 12.1. The standard InChI is InChI=1S/C23H26N2O4S/c1-5-29-21-11-10-17(16(3)26)12-18(21)14-30-23-24-20-9-7-6-8-19(20)22(27)25(23)15(2)13-28-4/h6-12,15H,5,13-14H2,1-4H3/t15-/m0/s1. The Labute approximate surface area is 180 Å². The number of benzene rings is 2. The molecule has 0 amide bonds. The summed E-state index contributed by atoms with van der Waals surface area (Å²) in [6.07, 6.45) is 0. The molecule has 158 valence electrons. The largest absolute Gasteiger partial charge is 0.494 e. The van der Waals surface area contributed by atoms with Crippen LogP contribution >= 0.6 is 11.8 Å². The average Bonchev–Trinajstić information content (AvgIpc) is 2.73. The number of Topliss-reactive ketones (excluding diaryl/α,β-unsaturated/α-hetero) is 1. The van der Waals surface area contributed by atoms with Crippen LogP contribution < -0.4 is 10.3 Å². The van der Waals surface area contributed by atoms with Crippen LogP contribution in [0, 0.1) is 0 Å². The fourth-order valence-electron chi connectivity index (χ4n) is 3.28. The lowest BCUT2D eigenvalue weighted by Crippen LogP contribution is -2.28. The van der Waals surface area contributed by atoms with Crippen molar-refractivity contribution in [2.45, 2.75) is 37.7 Å². The van der Waals surface area contributed by atoms with E-state index in [0.29, 0.717) is 40.6 Å². The zero-order chi connectivity index (χ0) is 21.7. The van der Waals surface area contributed by atoms with Gasteiger partial charge in [0, 0.05) is 24.0 Å². The Kier molecular flexibility index (Phi) is 7.29. The van der Waals surface area contributed by atoms with Crippen LogP contribution in [-0.2, 0) is 10.5 Å². The highest BCUT2D eigenvalue weighted by Gasteiger charge is 2.18. The van der Waals surface area contributed by atoms with Crippen molar-refractivity contribution in [3.63, 3.8) is 0 Å². The van der Waals surface area contributed by atoms with Gasteiger partial charge in [-0.1, -0.05) is 23.9 Å². The smallest absolute Gasteiger partial charge is 0.262 e. The summed E-state index contributed by atoms with van der Waals surface area (Å²) in [7, 11) is 1.62. The number of fused-ring (bicyclic) bond motifs is 1. The number of ether oxygens (including phenoxy) is 2. The first-order valence-corrected chi connectivity index (χ1v) is 10.8. The van der Waals surface area contributed by atoms with Gasteiger partial charge in [0.25, 0.3) is 5.56 Å². The Bertz CT molecular complexity index is 1110. The summed E-state index contributed by atoms with van der Waals surface area (Å²) >= 11 is 1.45. The SMILES string of the molecule is CCOc1ccc(C(C)=O)cc1CSc1nc2ccccc2c(=O)n1[C@@H](C)COC. The second-order valence-corrected chi connectivity index (χ2v) is 7.93. The number of aromatic nitrogens is 2. The van der Waals surface area contributed by atoms with Crippen molar-refractivity contribution in [1.29, 1.82) is 0 Å². The van der Waals surface area contributed by atoms with Crippen LogP contribution in [0.4, 0.5) is 0 Å². The van der Waals surface area contributed by atoms with Gasteiger partial charge in [0.15, 0.2) is 10.9 Å². The summed E-state index contributed by atoms with van der Waals surface area (Å²) in [5.41, 5.74) is 2.09. The zero-order valence-electron chi connectivity index (χ0n) is 17.7. The Balaban J connectivity index is 2.03. The van der Waals surface area contributed by atoms with Crippen molar-refractivity contribution in [1.82, 2.24) is 9.55 Å². The second kappa shape index (κ2) is 9.91. The average molecular weight is 427 g/mol. The topological polar surface area (TPSA) is 70.4 Å². The lowest BCUT2D eigenvalue weighted by Gasteiger charge is -2.19. The van der Waals surface area contributed by atoms with E-state index in [9.17, 15) is 9.59 Å². The van der Waals surface area contributed by atoms with Crippen LogP contribution in [-0.4, -0.2) is 35.7 Å². The van der Waals surface area contributed by atoms with Crippen LogP contribution in [0.1, 0.15) is 42.7 Å². The quantitative estimate of drug-likeness (QED) is 0.285. The van der Waals surface area contributed by atoms with Crippen molar-refractivity contribution < 1.29 is 14.3 Å². The molecule has 0 fully saturated rings. The van der Waals surface area contributed by atoms with E-state index in [4.69, 9.17) is 14.5 Å². The van der Waals surface area contributed by atoms with Crippen molar-refractivity contribution in [2.75, 3.05) is 20.3 Å². The minimum Gasteiger partial charge on any atom is -0.494 e. The summed E-state index contributed by atoms with van der Waals surface area (Å²) in [4.78, 5) is 29.8. The first kappa shape index (κ1) is 22.1. The van der Waals surface area contributed by atoms with E-state index in [1.165, 1.54) is 11.8 Å². The van der Waals surface area contributed by atoms with Crippen LogP contribution in [0.15, 0.2) is 52.4 Å². The predicted molar refractivity (Wildman–Crippen MR) is 120 cm³/mol. The molecule has 0 bridgehead atoms. The number of thioether (sulfide) groups is 1. The van der Waals surface area contributed by atoms with E-state index in [1.807, 2.05) is 44.2 Å². The maximum Gasteiger partial charge on any atom is 0.262 e. The molecule has 2 aromatic carbocycles. The van der Waals surface area contributed by atoms with Gasteiger partial charge in [-0.25, -0.2) is 4.98 Å². The zero-order valence-corrected chi connectivity index (χ0v) is 18.5. The van der Waals surface area contributed by atoms with Crippen molar-refractivity contribution in [3.8, 4) is 5.75 Å². The van der Waals surface area contributed by atoms with E-state index in [1.54, 1.807) is 30.7 Å². The molecule has 0 saturated heterocycles. The highest BCUT2D eigenvalue weighted by atomic mass is 32.2. The van der Waals surface area contributed by atoms with E-state index in [-0.39, 0.29) is 17.4 Å². The van der Waals surface area contributed by atoms with E-state index in [0.717, 1.165) is 11.3 Å². The molecule has 1 heterocycles. The summed E-state index contributed by atoms with van der Waals surface area (Å²) < 4.78 is 12.7. The Morgan fingerprint density at radius 2 is 2.00 bits per heavy atom. The molecule has 7 heteroatoms. The number of hydrogen-bond donors (Lipinski definition) is 0. The van der Waals surface area contributed by atoms with Gasteiger partial charge in [-0.05, 0) is 51.1 Å². The van der Waals surface area contributed by atoms with E-state index < -0.39 is 0 Å². The van der Waals surface area contributed by atoms with Gasteiger partial charge in [-0.2, -0.15) is 0 Å². The van der Waals surface area contributed by atoms with Gasteiger partial charge in [-0.15, -0.1) is 0 Å². The number of rotatable bonds is 9. The Morgan fingerprint density at radius 3 is 2.70 bits per heavy atom. The van der Waals surface area contributed by atoms with Gasteiger partial charge in [0.05, 0.1) is 30.2 Å². The van der Waals surface area contributed by atoms with Gasteiger partial charge in [0.2, 0.25) is 0 Å². The summed E-state index contributed by atoms with van der Waals surface area (Å²) in [5, 5.41) is 1.19. The molecule has 0 aliphatic heterocycles. The molecular formula is C23H26N2O4S. The monoisotopic (exact) mass is 426 g/mol. The molecule has 3 rings (SSSR count). The van der Waals surface area contributed by atoms with Crippen LogP contribution in [0.5, 0.6) is 5.75 Å². The predicted octanol–water partition coefficient (Wildman–Crippen LogP) is 4.50. The number of methoxy groups -OCH3 is 1. The number of ketones is 1. The molecule has 0 aliphatic carbocycles. The van der Waals surface area contributed by atoms with E-state index >= 15 is 0 Å². The molecular weight excluding hydrogens is 400 g/mol.